The first-order chi connectivity index (χ1) is 9.67. The Morgan fingerprint density at radius 3 is 3.15 bits per heavy atom. The molecular weight excluding hydrogens is 256 g/mol. The second-order valence-corrected chi connectivity index (χ2v) is 5.11. The summed E-state index contributed by atoms with van der Waals surface area (Å²) in [4.78, 5) is 21.6. The number of aromatic amines is 1. The van der Waals surface area contributed by atoms with E-state index in [9.17, 15) is 4.79 Å². The minimum absolute atomic E-state index is 0.156. The lowest BCUT2D eigenvalue weighted by Gasteiger charge is -2.32. The maximum atomic E-state index is 12.1. The molecule has 2 heterocycles. The van der Waals surface area contributed by atoms with Crippen LogP contribution in [0.25, 0.3) is 10.9 Å². The zero-order valence-corrected chi connectivity index (χ0v) is 11.4. The number of benzene rings is 1. The molecule has 106 valence electrons. The van der Waals surface area contributed by atoms with Crippen molar-refractivity contribution in [2.75, 3.05) is 30.8 Å². The molecule has 0 spiro atoms. The molecule has 2 aromatic rings. The van der Waals surface area contributed by atoms with Crippen molar-refractivity contribution in [2.24, 2.45) is 0 Å². The summed E-state index contributed by atoms with van der Waals surface area (Å²) in [6.07, 6.45) is 2.26. The first-order valence-corrected chi connectivity index (χ1v) is 6.74. The molecule has 1 unspecified atom stereocenters. The number of aromatic nitrogens is 2. The molecule has 0 radical (unpaired) electrons. The Morgan fingerprint density at radius 2 is 2.35 bits per heavy atom. The molecule has 6 nitrogen and oxygen atoms in total. The van der Waals surface area contributed by atoms with Gasteiger partial charge in [0.25, 0.3) is 5.56 Å². The van der Waals surface area contributed by atoms with Gasteiger partial charge in [0.05, 0.1) is 17.0 Å². The van der Waals surface area contributed by atoms with Crippen LogP contribution in [0.4, 0.5) is 11.6 Å². The van der Waals surface area contributed by atoms with E-state index < -0.39 is 0 Å². The summed E-state index contributed by atoms with van der Waals surface area (Å²) in [6, 6.07) is 5.19. The SMILES string of the molecule is COC1CCCN(c2nc3ccc(N)cc3c(=O)[nH]2)C1. The molecule has 1 fully saturated rings. The van der Waals surface area contributed by atoms with Gasteiger partial charge in [0.15, 0.2) is 0 Å². The first-order valence-electron chi connectivity index (χ1n) is 6.74. The zero-order valence-electron chi connectivity index (χ0n) is 11.4. The van der Waals surface area contributed by atoms with Gasteiger partial charge < -0.3 is 15.4 Å². The third-order valence-corrected chi connectivity index (χ3v) is 3.73. The second kappa shape index (κ2) is 5.13. The quantitative estimate of drug-likeness (QED) is 0.802. The van der Waals surface area contributed by atoms with Crippen LogP contribution in [-0.2, 0) is 4.74 Å². The summed E-state index contributed by atoms with van der Waals surface area (Å²) in [6.45, 7) is 1.63. The van der Waals surface area contributed by atoms with Crippen molar-refractivity contribution in [3.63, 3.8) is 0 Å². The molecule has 0 amide bonds. The normalized spacial score (nSPS) is 19.4. The van der Waals surface area contributed by atoms with E-state index in [1.54, 1.807) is 25.3 Å². The van der Waals surface area contributed by atoms with Gasteiger partial charge in [0, 0.05) is 25.9 Å². The van der Waals surface area contributed by atoms with Crippen molar-refractivity contribution < 1.29 is 4.74 Å². The number of nitrogens with two attached hydrogens (primary N) is 1. The van der Waals surface area contributed by atoms with Crippen molar-refractivity contribution in [2.45, 2.75) is 18.9 Å². The average Bonchev–Trinajstić information content (AvgIpc) is 2.48. The van der Waals surface area contributed by atoms with Crippen LogP contribution >= 0.6 is 0 Å². The van der Waals surface area contributed by atoms with E-state index in [1.807, 2.05) is 0 Å². The monoisotopic (exact) mass is 274 g/mol. The topological polar surface area (TPSA) is 84.2 Å². The zero-order chi connectivity index (χ0) is 14.1. The van der Waals surface area contributed by atoms with Gasteiger partial charge in [-0.1, -0.05) is 0 Å². The van der Waals surface area contributed by atoms with Gasteiger partial charge in [0.2, 0.25) is 5.95 Å². The standard InChI is InChI=1S/C14H18N4O2/c1-20-10-3-2-6-18(8-10)14-16-12-5-4-9(15)7-11(12)13(19)17-14/h4-5,7,10H,2-3,6,8,15H2,1H3,(H,16,17,19). The number of methoxy groups -OCH3 is 1. The van der Waals surface area contributed by atoms with E-state index in [0.29, 0.717) is 22.5 Å². The highest BCUT2D eigenvalue weighted by atomic mass is 16.5. The van der Waals surface area contributed by atoms with Crippen molar-refractivity contribution in [1.29, 1.82) is 0 Å². The number of fused-ring (bicyclic) bond motifs is 1. The number of nitrogens with zero attached hydrogens (tertiary/aromatic N) is 2. The number of ether oxygens (including phenoxy) is 1. The molecule has 1 saturated heterocycles. The Morgan fingerprint density at radius 1 is 1.50 bits per heavy atom. The highest BCUT2D eigenvalue weighted by Crippen LogP contribution is 2.19. The van der Waals surface area contributed by atoms with E-state index >= 15 is 0 Å². The summed E-state index contributed by atoms with van der Waals surface area (Å²) in [5.74, 6) is 0.606. The number of rotatable bonds is 2. The number of nitrogen functional groups attached to an aromatic ring is 1. The average molecular weight is 274 g/mol. The Balaban J connectivity index is 2.00. The lowest BCUT2D eigenvalue weighted by Crippen LogP contribution is -2.40. The van der Waals surface area contributed by atoms with Crippen LogP contribution in [0.15, 0.2) is 23.0 Å². The molecule has 1 aromatic carbocycles. The van der Waals surface area contributed by atoms with Crippen LogP contribution < -0.4 is 16.2 Å². The summed E-state index contributed by atoms with van der Waals surface area (Å²) in [5, 5.41) is 0.522. The maximum absolute atomic E-state index is 12.1. The van der Waals surface area contributed by atoms with Crippen LogP contribution in [0.3, 0.4) is 0 Å². The van der Waals surface area contributed by atoms with Crippen LogP contribution in [0.5, 0.6) is 0 Å². The predicted molar refractivity (Wildman–Crippen MR) is 79.0 cm³/mol. The van der Waals surface area contributed by atoms with E-state index in [4.69, 9.17) is 10.5 Å². The number of nitrogens with one attached hydrogen (secondary N) is 1. The number of H-pyrrole nitrogens is 1. The molecular formula is C14H18N4O2. The summed E-state index contributed by atoms with van der Waals surface area (Å²) < 4.78 is 5.40. The van der Waals surface area contributed by atoms with Crippen LogP contribution in [0.2, 0.25) is 0 Å². The van der Waals surface area contributed by atoms with Gasteiger partial charge in [-0.3, -0.25) is 9.78 Å². The molecule has 3 N–H and O–H groups in total. The minimum atomic E-state index is -0.156. The molecule has 1 atom stereocenters. The van der Waals surface area contributed by atoms with Gasteiger partial charge in [-0.25, -0.2) is 4.98 Å². The van der Waals surface area contributed by atoms with Crippen LogP contribution in [-0.4, -0.2) is 36.3 Å². The van der Waals surface area contributed by atoms with E-state index in [2.05, 4.69) is 14.9 Å². The van der Waals surface area contributed by atoms with Gasteiger partial charge >= 0.3 is 0 Å². The smallest absolute Gasteiger partial charge is 0.260 e. The maximum Gasteiger partial charge on any atom is 0.260 e. The molecule has 3 rings (SSSR count). The fourth-order valence-corrected chi connectivity index (χ4v) is 2.62. The number of piperidine rings is 1. The Hall–Kier alpha value is -2.08. The predicted octanol–water partition coefficient (Wildman–Crippen LogP) is 1.12. The van der Waals surface area contributed by atoms with E-state index in [0.717, 1.165) is 25.9 Å². The van der Waals surface area contributed by atoms with Gasteiger partial charge in [0.1, 0.15) is 0 Å². The van der Waals surface area contributed by atoms with Crippen LogP contribution in [0.1, 0.15) is 12.8 Å². The molecule has 1 aromatic heterocycles. The number of hydrogen-bond donors (Lipinski definition) is 2. The van der Waals surface area contributed by atoms with Crippen LogP contribution in [0, 0.1) is 0 Å². The first kappa shape index (κ1) is 12.9. The van der Waals surface area contributed by atoms with Crippen molar-refractivity contribution in [3.05, 3.63) is 28.6 Å². The second-order valence-electron chi connectivity index (χ2n) is 5.11. The van der Waals surface area contributed by atoms with Crippen molar-refractivity contribution in [3.8, 4) is 0 Å². The molecule has 0 aliphatic carbocycles. The molecule has 0 bridgehead atoms. The Kier molecular flexibility index (Phi) is 3.31. The number of hydrogen-bond acceptors (Lipinski definition) is 5. The highest BCUT2D eigenvalue weighted by molar-refractivity contribution is 5.81. The molecule has 1 aliphatic heterocycles. The number of anilines is 2. The summed E-state index contributed by atoms with van der Waals surface area (Å²) >= 11 is 0. The van der Waals surface area contributed by atoms with Gasteiger partial charge in [-0.15, -0.1) is 0 Å². The Bertz CT molecular complexity index is 682. The van der Waals surface area contributed by atoms with E-state index in [-0.39, 0.29) is 11.7 Å². The lowest BCUT2D eigenvalue weighted by atomic mass is 10.1. The summed E-state index contributed by atoms with van der Waals surface area (Å²) in [7, 11) is 1.72. The third kappa shape index (κ3) is 2.34. The molecule has 6 heteroatoms. The van der Waals surface area contributed by atoms with Gasteiger partial charge in [-0.2, -0.15) is 0 Å². The highest BCUT2D eigenvalue weighted by Gasteiger charge is 2.21. The van der Waals surface area contributed by atoms with Gasteiger partial charge in [-0.05, 0) is 31.0 Å². The fourth-order valence-electron chi connectivity index (χ4n) is 2.62. The largest absolute Gasteiger partial charge is 0.399 e. The summed E-state index contributed by atoms with van der Waals surface area (Å²) in [5.41, 5.74) is 6.78. The minimum Gasteiger partial charge on any atom is -0.399 e. The molecule has 0 saturated carbocycles. The van der Waals surface area contributed by atoms with Crippen molar-refractivity contribution in [1.82, 2.24) is 9.97 Å². The lowest BCUT2D eigenvalue weighted by molar-refractivity contribution is 0.0889. The third-order valence-electron chi connectivity index (χ3n) is 3.73. The van der Waals surface area contributed by atoms with Crippen molar-refractivity contribution >= 4 is 22.5 Å². The molecule has 1 aliphatic rings. The fraction of sp³-hybridized carbons (Fsp3) is 0.429. The molecule has 20 heavy (non-hydrogen) atoms. The van der Waals surface area contributed by atoms with E-state index in [1.165, 1.54) is 0 Å². The Labute approximate surface area is 116 Å².